The molecule has 1 atom stereocenters. The van der Waals surface area contributed by atoms with E-state index < -0.39 is 5.54 Å². The highest BCUT2D eigenvalue weighted by Crippen LogP contribution is 2.42. The summed E-state index contributed by atoms with van der Waals surface area (Å²) < 4.78 is 6.09. The van der Waals surface area contributed by atoms with Crippen LogP contribution in [0.4, 0.5) is 0 Å². The number of carbonyl (C=O) groups is 1. The zero-order valence-electron chi connectivity index (χ0n) is 14.3. The Morgan fingerprint density at radius 3 is 2.57 bits per heavy atom. The van der Waals surface area contributed by atoms with Gasteiger partial charge in [0.25, 0.3) is 0 Å². The molecule has 2 N–H and O–H groups in total. The third-order valence-corrected chi connectivity index (χ3v) is 5.25. The average Bonchev–Trinajstić information content (AvgIpc) is 2.90. The van der Waals surface area contributed by atoms with E-state index in [1.54, 1.807) is 13.8 Å². The van der Waals surface area contributed by atoms with E-state index in [1.807, 2.05) is 11.0 Å². The van der Waals surface area contributed by atoms with Gasteiger partial charge in [-0.05, 0) is 50.5 Å². The third-order valence-electron chi connectivity index (χ3n) is 5.25. The van der Waals surface area contributed by atoms with Crippen molar-refractivity contribution in [2.45, 2.75) is 51.2 Å². The molecule has 4 heteroatoms. The van der Waals surface area contributed by atoms with E-state index >= 15 is 0 Å². The van der Waals surface area contributed by atoms with Gasteiger partial charge in [-0.1, -0.05) is 30.3 Å². The first-order valence-corrected chi connectivity index (χ1v) is 8.62. The fourth-order valence-electron chi connectivity index (χ4n) is 3.84. The number of benzene rings is 1. The van der Waals surface area contributed by atoms with Crippen molar-refractivity contribution < 1.29 is 9.53 Å². The number of piperidine rings is 1. The first-order chi connectivity index (χ1) is 10.9. The van der Waals surface area contributed by atoms with Crippen LogP contribution < -0.4 is 5.73 Å². The lowest BCUT2D eigenvalue weighted by molar-refractivity contribution is -0.138. The largest absolute Gasteiger partial charge is 0.377 e. The lowest BCUT2D eigenvalue weighted by Crippen LogP contribution is -2.54. The molecule has 2 aliphatic rings. The number of nitrogens with two attached hydrogens (primary N) is 1. The van der Waals surface area contributed by atoms with E-state index in [4.69, 9.17) is 10.5 Å². The van der Waals surface area contributed by atoms with E-state index in [-0.39, 0.29) is 11.3 Å². The Morgan fingerprint density at radius 2 is 1.96 bits per heavy atom. The molecule has 2 saturated heterocycles. The van der Waals surface area contributed by atoms with Gasteiger partial charge < -0.3 is 15.4 Å². The van der Waals surface area contributed by atoms with Crippen molar-refractivity contribution in [3.05, 3.63) is 35.9 Å². The fraction of sp³-hybridized carbons (Fsp3) is 0.632. The lowest BCUT2D eigenvalue weighted by atomic mass is 9.76. The highest BCUT2D eigenvalue weighted by Gasteiger charge is 2.43. The molecular weight excluding hydrogens is 288 g/mol. The van der Waals surface area contributed by atoms with Crippen molar-refractivity contribution in [2.75, 3.05) is 19.7 Å². The Bertz CT molecular complexity index is 542. The SMILES string of the molecule is CC(C)(N)C(=O)N1CCC2(CC1)CO[C@H](Cc1ccccc1)C2. The molecule has 0 aliphatic carbocycles. The van der Waals surface area contributed by atoms with Gasteiger partial charge in [-0.2, -0.15) is 0 Å². The summed E-state index contributed by atoms with van der Waals surface area (Å²) in [5.74, 6) is 0.0621. The number of rotatable bonds is 3. The summed E-state index contributed by atoms with van der Waals surface area (Å²) in [5.41, 5.74) is 6.77. The van der Waals surface area contributed by atoms with Crippen molar-refractivity contribution in [3.8, 4) is 0 Å². The predicted octanol–water partition coefficient (Wildman–Crippen LogP) is 2.36. The minimum Gasteiger partial charge on any atom is -0.377 e. The Hall–Kier alpha value is -1.39. The summed E-state index contributed by atoms with van der Waals surface area (Å²) in [4.78, 5) is 14.2. The van der Waals surface area contributed by atoms with Crippen LogP contribution in [-0.4, -0.2) is 42.1 Å². The van der Waals surface area contributed by atoms with Crippen LogP contribution in [0.2, 0.25) is 0 Å². The summed E-state index contributed by atoms with van der Waals surface area (Å²) in [6.45, 7) is 6.02. The van der Waals surface area contributed by atoms with Gasteiger partial charge in [-0.15, -0.1) is 0 Å². The minimum atomic E-state index is -0.771. The number of amides is 1. The lowest BCUT2D eigenvalue weighted by Gasteiger charge is -2.40. The number of nitrogens with zero attached hydrogens (tertiary/aromatic N) is 1. The molecule has 0 radical (unpaired) electrons. The van der Waals surface area contributed by atoms with E-state index in [2.05, 4.69) is 24.3 Å². The first-order valence-electron chi connectivity index (χ1n) is 8.62. The Morgan fingerprint density at radius 1 is 1.30 bits per heavy atom. The molecule has 3 rings (SSSR count). The van der Waals surface area contributed by atoms with Crippen molar-refractivity contribution in [1.82, 2.24) is 4.90 Å². The van der Waals surface area contributed by atoms with E-state index in [0.29, 0.717) is 6.10 Å². The molecule has 2 fully saturated rings. The van der Waals surface area contributed by atoms with Gasteiger partial charge in [-0.3, -0.25) is 4.79 Å². The van der Waals surface area contributed by atoms with E-state index in [0.717, 1.165) is 45.4 Å². The number of carbonyl (C=O) groups excluding carboxylic acids is 1. The van der Waals surface area contributed by atoms with Crippen molar-refractivity contribution in [2.24, 2.45) is 11.1 Å². The Balaban J connectivity index is 1.54. The molecule has 1 spiro atoms. The molecule has 23 heavy (non-hydrogen) atoms. The van der Waals surface area contributed by atoms with Gasteiger partial charge >= 0.3 is 0 Å². The van der Waals surface area contributed by atoms with Crippen LogP contribution in [0.3, 0.4) is 0 Å². The topological polar surface area (TPSA) is 55.6 Å². The van der Waals surface area contributed by atoms with Crippen LogP contribution in [0.1, 0.15) is 38.7 Å². The van der Waals surface area contributed by atoms with Crippen LogP contribution in [-0.2, 0) is 16.0 Å². The van der Waals surface area contributed by atoms with Crippen molar-refractivity contribution in [1.29, 1.82) is 0 Å². The summed E-state index contributed by atoms with van der Waals surface area (Å²) >= 11 is 0. The second kappa shape index (κ2) is 6.25. The van der Waals surface area contributed by atoms with Gasteiger partial charge in [0.15, 0.2) is 0 Å². The average molecular weight is 316 g/mol. The quantitative estimate of drug-likeness (QED) is 0.931. The normalized spacial score (nSPS) is 24.1. The van der Waals surface area contributed by atoms with Gasteiger partial charge in [0.2, 0.25) is 5.91 Å². The van der Waals surface area contributed by atoms with Crippen LogP contribution in [0.5, 0.6) is 0 Å². The Kier molecular flexibility index (Phi) is 4.47. The van der Waals surface area contributed by atoms with Gasteiger partial charge in [0.1, 0.15) is 0 Å². The summed E-state index contributed by atoms with van der Waals surface area (Å²) in [7, 11) is 0. The predicted molar refractivity (Wildman–Crippen MR) is 91.0 cm³/mol. The first kappa shape index (κ1) is 16.5. The maximum Gasteiger partial charge on any atom is 0.242 e. The van der Waals surface area contributed by atoms with E-state index in [9.17, 15) is 4.79 Å². The highest BCUT2D eigenvalue weighted by atomic mass is 16.5. The number of hydrogen-bond acceptors (Lipinski definition) is 3. The van der Waals surface area contributed by atoms with Gasteiger partial charge in [0.05, 0.1) is 18.2 Å². The zero-order chi connectivity index (χ0) is 16.5. The molecule has 0 saturated carbocycles. The molecule has 1 aromatic carbocycles. The summed E-state index contributed by atoms with van der Waals surface area (Å²) in [6, 6.07) is 10.5. The number of hydrogen-bond donors (Lipinski definition) is 1. The molecule has 126 valence electrons. The Labute approximate surface area is 139 Å². The molecule has 0 bridgehead atoms. The van der Waals surface area contributed by atoms with Crippen molar-refractivity contribution >= 4 is 5.91 Å². The maximum absolute atomic E-state index is 12.3. The second-order valence-electron chi connectivity index (χ2n) is 7.84. The summed E-state index contributed by atoms with van der Waals surface area (Å²) in [5, 5.41) is 0. The van der Waals surface area contributed by atoms with Gasteiger partial charge in [0, 0.05) is 13.1 Å². The molecule has 2 aliphatic heterocycles. The smallest absolute Gasteiger partial charge is 0.242 e. The molecule has 1 aromatic rings. The second-order valence-corrected chi connectivity index (χ2v) is 7.84. The van der Waals surface area contributed by atoms with Gasteiger partial charge in [-0.25, -0.2) is 0 Å². The van der Waals surface area contributed by atoms with Crippen LogP contribution in [0, 0.1) is 5.41 Å². The maximum atomic E-state index is 12.3. The third kappa shape index (κ3) is 3.75. The van der Waals surface area contributed by atoms with Crippen LogP contribution in [0.15, 0.2) is 30.3 Å². The fourth-order valence-corrected chi connectivity index (χ4v) is 3.84. The molecular formula is C19H28N2O2. The molecule has 1 amide bonds. The molecule has 2 heterocycles. The van der Waals surface area contributed by atoms with Crippen LogP contribution >= 0.6 is 0 Å². The highest BCUT2D eigenvalue weighted by molar-refractivity contribution is 5.85. The van der Waals surface area contributed by atoms with Crippen LogP contribution in [0.25, 0.3) is 0 Å². The molecule has 0 aromatic heterocycles. The molecule has 4 nitrogen and oxygen atoms in total. The van der Waals surface area contributed by atoms with Crippen molar-refractivity contribution in [3.63, 3.8) is 0 Å². The number of ether oxygens (including phenoxy) is 1. The summed E-state index contributed by atoms with van der Waals surface area (Å²) in [6.07, 6.45) is 4.46. The monoisotopic (exact) mass is 316 g/mol. The standard InChI is InChI=1S/C19H28N2O2/c1-18(2,20)17(22)21-10-8-19(9-11-21)13-16(23-14-19)12-15-6-4-3-5-7-15/h3-7,16H,8-14,20H2,1-2H3/t16-/m1/s1. The number of likely N-dealkylation sites (tertiary alicyclic amines) is 1. The molecule has 0 unspecified atom stereocenters. The zero-order valence-corrected chi connectivity index (χ0v) is 14.3. The van der Waals surface area contributed by atoms with E-state index in [1.165, 1.54) is 5.56 Å². The minimum absolute atomic E-state index is 0.0621.